The number of nitrogens with one attached hydrogen (secondary N) is 1. The molecule has 0 unspecified atom stereocenters. The summed E-state index contributed by atoms with van der Waals surface area (Å²) in [4.78, 5) is 24.4. The lowest BCUT2D eigenvalue weighted by molar-refractivity contribution is -0.137. The molecule has 3 N–H and O–H groups in total. The number of hydrogen-bond acceptors (Lipinski definition) is 5. The van der Waals surface area contributed by atoms with Crippen molar-refractivity contribution in [3.8, 4) is 0 Å². The first-order valence-corrected chi connectivity index (χ1v) is 14.0. The molecule has 2 aliphatic rings. The zero-order valence-corrected chi connectivity index (χ0v) is 21.4. The Morgan fingerprint density at radius 1 is 0.941 bits per heavy atom. The maximum atomic E-state index is 12.2. The Morgan fingerprint density at radius 2 is 1.44 bits per heavy atom. The Balaban J connectivity index is 1.40. The number of epoxide rings is 1. The average Bonchev–Trinajstić information content (AvgIpc) is 3.62. The van der Waals surface area contributed by atoms with E-state index in [2.05, 4.69) is 12.2 Å². The van der Waals surface area contributed by atoms with E-state index in [1.165, 1.54) is 89.5 Å². The van der Waals surface area contributed by atoms with E-state index in [0.29, 0.717) is 6.42 Å². The van der Waals surface area contributed by atoms with Crippen molar-refractivity contribution in [2.24, 2.45) is 0 Å². The predicted octanol–water partition coefficient (Wildman–Crippen LogP) is 5.14. The topological polar surface area (TPSA) is 99.2 Å². The molecule has 1 fully saturated rings. The molecule has 1 aliphatic heterocycles. The highest BCUT2D eigenvalue weighted by Crippen LogP contribution is 2.40. The number of unbranched alkanes of at least 4 members (excludes halogenated alkanes) is 15. The van der Waals surface area contributed by atoms with Gasteiger partial charge >= 0.3 is 0 Å². The van der Waals surface area contributed by atoms with Crippen LogP contribution in [0.3, 0.4) is 0 Å². The number of fused-ring (bicyclic) bond motifs is 1. The largest absolute Gasteiger partial charge is 0.394 e. The van der Waals surface area contributed by atoms with E-state index in [4.69, 9.17) is 4.74 Å². The maximum Gasteiger partial charge on any atom is 0.220 e. The van der Waals surface area contributed by atoms with E-state index in [1.54, 1.807) is 6.08 Å². The molecule has 2 rings (SSSR count). The number of aliphatic hydroxyl groups excluding tert-OH is 1. The predicted molar refractivity (Wildman–Crippen MR) is 136 cm³/mol. The summed E-state index contributed by atoms with van der Waals surface area (Å²) in [5.74, 6) is -0.558. The molecule has 0 spiro atoms. The molecular weight excluding hydrogens is 430 g/mol. The third-order valence-electron chi connectivity index (χ3n) is 7.26. The minimum Gasteiger partial charge on any atom is -0.394 e. The van der Waals surface area contributed by atoms with Gasteiger partial charge in [0, 0.05) is 12.8 Å². The van der Waals surface area contributed by atoms with Gasteiger partial charge in [-0.1, -0.05) is 103 Å². The van der Waals surface area contributed by atoms with Crippen LogP contribution in [0.5, 0.6) is 0 Å². The summed E-state index contributed by atoms with van der Waals surface area (Å²) in [5, 5.41) is 23.1. The zero-order chi connectivity index (χ0) is 24.7. The molecule has 0 saturated carbocycles. The molecule has 4 atom stereocenters. The molecule has 0 radical (unpaired) electrons. The fourth-order valence-electron chi connectivity index (χ4n) is 5.01. The first-order valence-electron chi connectivity index (χ1n) is 14.0. The first kappa shape index (κ1) is 29.0. The lowest BCUT2D eigenvalue weighted by Crippen LogP contribution is -2.52. The summed E-state index contributed by atoms with van der Waals surface area (Å²) in [6, 6.07) is -0.654. The normalized spacial score (nSPS) is 24.1. The van der Waals surface area contributed by atoms with E-state index in [-0.39, 0.29) is 25.0 Å². The van der Waals surface area contributed by atoms with Crippen LogP contribution in [0.25, 0.3) is 0 Å². The fraction of sp³-hybridized carbons (Fsp3) is 0.857. The quantitative estimate of drug-likeness (QED) is 0.156. The highest BCUT2D eigenvalue weighted by atomic mass is 16.6. The van der Waals surface area contributed by atoms with Crippen LogP contribution in [0.15, 0.2) is 12.2 Å². The van der Waals surface area contributed by atoms with Gasteiger partial charge in [0.05, 0.1) is 12.6 Å². The number of carbonyl (C=O) groups excluding carboxylic acids is 2. The highest BCUT2D eigenvalue weighted by molar-refractivity contribution is 5.99. The molecule has 1 aliphatic carbocycles. The Hall–Kier alpha value is -1.24. The van der Waals surface area contributed by atoms with E-state index in [0.717, 1.165) is 19.3 Å². The summed E-state index contributed by atoms with van der Waals surface area (Å²) >= 11 is 0. The lowest BCUT2D eigenvalue weighted by Gasteiger charge is -2.29. The summed E-state index contributed by atoms with van der Waals surface area (Å²) < 4.78 is 5.33. The Kier molecular flexibility index (Phi) is 14.0. The summed E-state index contributed by atoms with van der Waals surface area (Å²) in [5.41, 5.74) is -1.66. The number of aliphatic hydroxyl groups is 2. The first-order chi connectivity index (χ1) is 16.5. The molecule has 34 heavy (non-hydrogen) atoms. The smallest absolute Gasteiger partial charge is 0.220 e. The van der Waals surface area contributed by atoms with Crippen LogP contribution in [-0.4, -0.2) is 52.4 Å². The summed E-state index contributed by atoms with van der Waals surface area (Å²) in [6.45, 7) is 1.95. The van der Waals surface area contributed by atoms with E-state index >= 15 is 0 Å². The van der Waals surface area contributed by atoms with Crippen LogP contribution < -0.4 is 5.32 Å². The summed E-state index contributed by atoms with van der Waals surface area (Å²) in [7, 11) is 0. The van der Waals surface area contributed by atoms with Gasteiger partial charge in [-0.15, -0.1) is 0 Å². The van der Waals surface area contributed by atoms with E-state index in [9.17, 15) is 19.8 Å². The SMILES string of the molecule is CCCCCCCCCCCCCCCCCCC(=O)N[C@H](CO)C[C@@]1(O)C(=O)C=C[C@@H]2O[C@@H]21. The number of ether oxygens (including phenoxy) is 1. The molecule has 1 heterocycles. The highest BCUT2D eigenvalue weighted by Gasteiger charge is 2.59. The summed E-state index contributed by atoms with van der Waals surface area (Å²) in [6.07, 6.45) is 23.2. The third-order valence-corrected chi connectivity index (χ3v) is 7.26. The maximum absolute atomic E-state index is 12.2. The van der Waals surface area contributed by atoms with Crippen molar-refractivity contribution in [3.63, 3.8) is 0 Å². The molecule has 0 bridgehead atoms. The van der Waals surface area contributed by atoms with Crippen molar-refractivity contribution >= 4 is 11.7 Å². The van der Waals surface area contributed by atoms with Crippen molar-refractivity contribution in [1.29, 1.82) is 0 Å². The van der Waals surface area contributed by atoms with Crippen LogP contribution in [0.4, 0.5) is 0 Å². The second-order valence-electron chi connectivity index (χ2n) is 10.4. The Labute approximate surface area is 206 Å². The number of hydrogen-bond donors (Lipinski definition) is 3. The Morgan fingerprint density at radius 3 is 1.94 bits per heavy atom. The molecule has 6 heteroatoms. The van der Waals surface area contributed by atoms with Gasteiger partial charge in [0.15, 0.2) is 11.4 Å². The number of ketones is 1. The van der Waals surface area contributed by atoms with Crippen LogP contribution in [-0.2, 0) is 14.3 Å². The van der Waals surface area contributed by atoms with Gasteiger partial charge in [-0.05, 0) is 18.6 Å². The second kappa shape index (κ2) is 16.4. The van der Waals surface area contributed by atoms with Gasteiger partial charge in [-0.2, -0.15) is 0 Å². The minimum absolute atomic E-state index is 0.0292. The molecule has 0 aromatic rings. The molecule has 0 aromatic carbocycles. The van der Waals surface area contributed by atoms with Gasteiger partial charge in [0.25, 0.3) is 0 Å². The lowest BCUT2D eigenvalue weighted by atomic mass is 9.82. The van der Waals surface area contributed by atoms with Gasteiger partial charge in [-0.25, -0.2) is 0 Å². The van der Waals surface area contributed by atoms with E-state index in [1.807, 2.05) is 0 Å². The van der Waals surface area contributed by atoms with Crippen molar-refractivity contribution in [3.05, 3.63) is 12.2 Å². The van der Waals surface area contributed by atoms with Crippen LogP contribution in [0, 0.1) is 0 Å². The van der Waals surface area contributed by atoms with Gasteiger partial charge in [0.2, 0.25) is 5.91 Å². The van der Waals surface area contributed by atoms with Crippen molar-refractivity contribution in [2.45, 2.75) is 146 Å². The standard InChI is InChI=1S/C28H49NO5/c1-2-3-4-5-6-7-8-9-10-11-12-13-14-15-16-17-18-26(32)29-23(22-30)21-28(33)25(31)20-19-24-27(28)34-24/h19-20,23-24,27,30,33H,2-18,21-22H2,1H3,(H,29,32)/t23-,24-,27-,28+/m0/s1. The third kappa shape index (κ3) is 10.6. The molecule has 196 valence electrons. The number of amides is 1. The zero-order valence-electron chi connectivity index (χ0n) is 21.4. The number of rotatable bonds is 21. The molecule has 1 amide bonds. The van der Waals surface area contributed by atoms with Crippen LogP contribution in [0.2, 0.25) is 0 Å². The van der Waals surface area contributed by atoms with Crippen molar-refractivity contribution < 1.29 is 24.5 Å². The molecule has 1 saturated heterocycles. The molecular formula is C28H49NO5. The fourth-order valence-corrected chi connectivity index (χ4v) is 5.01. The molecule has 0 aromatic heterocycles. The monoisotopic (exact) mass is 479 g/mol. The molecule has 6 nitrogen and oxygen atoms in total. The number of carbonyl (C=O) groups is 2. The average molecular weight is 480 g/mol. The van der Waals surface area contributed by atoms with Crippen molar-refractivity contribution in [2.75, 3.05) is 6.61 Å². The van der Waals surface area contributed by atoms with E-state index < -0.39 is 23.5 Å². The van der Waals surface area contributed by atoms with Crippen LogP contribution >= 0.6 is 0 Å². The van der Waals surface area contributed by atoms with Crippen LogP contribution in [0.1, 0.15) is 122 Å². The van der Waals surface area contributed by atoms with Crippen molar-refractivity contribution in [1.82, 2.24) is 5.32 Å². The van der Waals surface area contributed by atoms with Gasteiger partial charge in [-0.3, -0.25) is 9.59 Å². The second-order valence-corrected chi connectivity index (χ2v) is 10.4. The van der Waals surface area contributed by atoms with Gasteiger partial charge in [0.1, 0.15) is 12.2 Å². The Bertz CT molecular complexity index is 622. The van der Waals surface area contributed by atoms with Gasteiger partial charge < -0.3 is 20.3 Å². The minimum atomic E-state index is -1.66.